The second-order valence-electron chi connectivity index (χ2n) is 5.10. The van der Waals surface area contributed by atoms with E-state index in [1.807, 2.05) is 0 Å². The molecule has 1 fully saturated rings. The molecule has 0 heterocycles. The van der Waals surface area contributed by atoms with E-state index < -0.39 is 5.97 Å². The van der Waals surface area contributed by atoms with Gasteiger partial charge >= 0.3 is 5.97 Å². The molecule has 2 heteroatoms. The lowest BCUT2D eigenvalue weighted by atomic mass is 10.1. The van der Waals surface area contributed by atoms with Crippen LogP contribution in [0.2, 0.25) is 0 Å². The normalized spacial score (nSPS) is 27.4. The fraction of sp³-hybridized carbons (Fsp3) is 0.786. The van der Waals surface area contributed by atoms with Gasteiger partial charge in [0.25, 0.3) is 0 Å². The van der Waals surface area contributed by atoms with Crippen LogP contribution in [-0.4, -0.2) is 11.1 Å². The summed E-state index contributed by atoms with van der Waals surface area (Å²) in [5.41, 5.74) is 0. The van der Waals surface area contributed by atoms with Gasteiger partial charge in [-0.1, -0.05) is 38.8 Å². The molecule has 0 aromatic heterocycles. The Bertz CT molecular complexity index is 233. The van der Waals surface area contributed by atoms with Gasteiger partial charge in [-0.3, -0.25) is 4.79 Å². The predicted octanol–water partition coefficient (Wildman–Crippen LogP) is 3.87. The van der Waals surface area contributed by atoms with Crippen molar-refractivity contribution in [2.45, 2.75) is 52.4 Å². The summed E-state index contributed by atoms with van der Waals surface area (Å²) in [7, 11) is 0. The van der Waals surface area contributed by atoms with Gasteiger partial charge in [-0.25, -0.2) is 0 Å². The molecule has 2 aliphatic rings. The maximum atomic E-state index is 10.2. The largest absolute Gasteiger partial charge is 0.481 e. The zero-order chi connectivity index (χ0) is 12.0. The summed E-state index contributed by atoms with van der Waals surface area (Å²) in [4.78, 5) is 10.2. The summed E-state index contributed by atoms with van der Waals surface area (Å²) >= 11 is 0. The van der Waals surface area contributed by atoms with Gasteiger partial charge in [0.1, 0.15) is 0 Å². The Hall–Kier alpha value is -0.790. The van der Waals surface area contributed by atoms with Gasteiger partial charge in [0.15, 0.2) is 0 Å². The van der Waals surface area contributed by atoms with Crippen molar-refractivity contribution in [1.82, 2.24) is 0 Å². The lowest BCUT2D eigenvalue weighted by Crippen LogP contribution is -2.08. The highest BCUT2D eigenvalue weighted by atomic mass is 16.4. The summed E-state index contributed by atoms with van der Waals surface area (Å²) in [6, 6.07) is 0. The SMILES string of the molecule is C1=CC2CCC1C2.CCCCC(C)C(=O)O. The van der Waals surface area contributed by atoms with Crippen molar-refractivity contribution in [2.75, 3.05) is 0 Å². The third kappa shape index (κ3) is 4.38. The summed E-state index contributed by atoms with van der Waals surface area (Å²) in [5.74, 6) is 1.14. The van der Waals surface area contributed by atoms with E-state index in [4.69, 9.17) is 5.11 Å². The van der Waals surface area contributed by atoms with Gasteiger partial charge in [-0.15, -0.1) is 0 Å². The Kier molecular flexibility index (Phi) is 5.58. The smallest absolute Gasteiger partial charge is 0.306 e. The predicted molar refractivity (Wildman–Crippen MR) is 66.3 cm³/mol. The average Bonchev–Trinajstić information content (AvgIpc) is 2.90. The van der Waals surface area contributed by atoms with E-state index in [-0.39, 0.29) is 5.92 Å². The van der Waals surface area contributed by atoms with Crippen molar-refractivity contribution in [3.05, 3.63) is 12.2 Å². The molecule has 2 rings (SSSR count). The molecule has 92 valence electrons. The Morgan fingerprint density at radius 1 is 1.38 bits per heavy atom. The molecule has 0 aliphatic heterocycles. The van der Waals surface area contributed by atoms with E-state index >= 15 is 0 Å². The minimum atomic E-state index is -0.677. The Labute approximate surface area is 98.7 Å². The maximum absolute atomic E-state index is 10.2. The molecule has 0 amide bonds. The van der Waals surface area contributed by atoms with E-state index in [2.05, 4.69) is 19.1 Å². The molecular formula is C14H24O2. The first-order valence-corrected chi connectivity index (χ1v) is 6.54. The number of fused-ring (bicyclic) bond motifs is 2. The number of allylic oxidation sites excluding steroid dienone is 2. The zero-order valence-corrected chi connectivity index (χ0v) is 10.5. The topological polar surface area (TPSA) is 37.3 Å². The molecule has 3 atom stereocenters. The quantitative estimate of drug-likeness (QED) is 0.736. The van der Waals surface area contributed by atoms with Crippen molar-refractivity contribution in [3.8, 4) is 0 Å². The number of aliphatic carboxylic acids is 1. The number of carboxylic acids is 1. The Morgan fingerprint density at radius 2 is 1.94 bits per heavy atom. The summed E-state index contributed by atoms with van der Waals surface area (Å²) in [6.07, 6.45) is 12.1. The lowest BCUT2D eigenvalue weighted by molar-refractivity contribution is -0.141. The van der Waals surface area contributed by atoms with Gasteiger partial charge in [0, 0.05) is 0 Å². The van der Waals surface area contributed by atoms with E-state index in [0.717, 1.165) is 31.1 Å². The molecule has 0 radical (unpaired) electrons. The summed E-state index contributed by atoms with van der Waals surface area (Å²) < 4.78 is 0. The van der Waals surface area contributed by atoms with Gasteiger partial charge < -0.3 is 5.11 Å². The molecule has 0 aromatic carbocycles. The van der Waals surface area contributed by atoms with Crippen molar-refractivity contribution < 1.29 is 9.90 Å². The van der Waals surface area contributed by atoms with Crippen LogP contribution < -0.4 is 0 Å². The number of hydrogen-bond donors (Lipinski definition) is 1. The number of rotatable bonds is 4. The van der Waals surface area contributed by atoms with Crippen LogP contribution in [0.4, 0.5) is 0 Å². The summed E-state index contributed by atoms with van der Waals surface area (Å²) in [5, 5.41) is 8.41. The molecular weight excluding hydrogens is 200 g/mol. The monoisotopic (exact) mass is 224 g/mol. The molecule has 0 saturated heterocycles. The molecule has 1 N–H and O–H groups in total. The van der Waals surface area contributed by atoms with Crippen LogP contribution in [0.3, 0.4) is 0 Å². The first kappa shape index (κ1) is 13.3. The molecule has 2 bridgehead atoms. The van der Waals surface area contributed by atoms with Crippen LogP contribution in [0.5, 0.6) is 0 Å². The molecule has 2 aliphatic carbocycles. The molecule has 16 heavy (non-hydrogen) atoms. The third-order valence-corrected chi connectivity index (χ3v) is 3.58. The van der Waals surface area contributed by atoms with Crippen molar-refractivity contribution in [2.24, 2.45) is 17.8 Å². The number of carboxylic acid groups (broad SMARTS) is 1. The highest BCUT2D eigenvalue weighted by Crippen LogP contribution is 2.38. The lowest BCUT2D eigenvalue weighted by Gasteiger charge is -2.02. The highest BCUT2D eigenvalue weighted by Gasteiger charge is 2.25. The Balaban J connectivity index is 0.000000163. The maximum Gasteiger partial charge on any atom is 0.306 e. The van der Waals surface area contributed by atoms with E-state index in [9.17, 15) is 4.79 Å². The van der Waals surface area contributed by atoms with Crippen molar-refractivity contribution in [1.29, 1.82) is 0 Å². The first-order chi connectivity index (χ1) is 7.63. The second-order valence-corrected chi connectivity index (χ2v) is 5.10. The molecule has 0 spiro atoms. The second kappa shape index (κ2) is 6.72. The van der Waals surface area contributed by atoms with Gasteiger partial charge in [0.2, 0.25) is 0 Å². The average molecular weight is 224 g/mol. The van der Waals surface area contributed by atoms with E-state index in [1.165, 1.54) is 19.3 Å². The first-order valence-electron chi connectivity index (χ1n) is 6.54. The fourth-order valence-electron chi connectivity index (χ4n) is 2.35. The van der Waals surface area contributed by atoms with Crippen LogP contribution in [-0.2, 0) is 4.79 Å². The molecule has 0 aromatic rings. The summed E-state index contributed by atoms with van der Waals surface area (Å²) in [6.45, 7) is 3.81. The number of hydrogen-bond acceptors (Lipinski definition) is 1. The number of unbranched alkanes of at least 4 members (excludes halogenated alkanes) is 1. The zero-order valence-electron chi connectivity index (χ0n) is 10.5. The van der Waals surface area contributed by atoms with Crippen LogP contribution in [0.25, 0.3) is 0 Å². The number of carbonyl (C=O) groups is 1. The van der Waals surface area contributed by atoms with Crippen LogP contribution in [0.15, 0.2) is 12.2 Å². The Morgan fingerprint density at radius 3 is 2.19 bits per heavy atom. The van der Waals surface area contributed by atoms with Gasteiger partial charge in [0.05, 0.1) is 5.92 Å². The van der Waals surface area contributed by atoms with Gasteiger partial charge in [-0.2, -0.15) is 0 Å². The van der Waals surface area contributed by atoms with Crippen molar-refractivity contribution >= 4 is 5.97 Å². The highest BCUT2D eigenvalue weighted by molar-refractivity contribution is 5.69. The van der Waals surface area contributed by atoms with Crippen LogP contribution in [0.1, 0.15) is 52.4 Å². The van der Waals surface area contributed by atoms with Gasteiger partial charge in [-0.05, 0) is 37.5 Å². The van der Waals surface area contributed by atoms with Crippen LogP contribution in [0, 0.1) is 17.8 Å². The fourth-order valence-corrected chi connectivity index (χ4v) is 2.35. The molecule has 3 unspecified atom stereocenters. The minimum absolute atomic E-state index is 0.162. The third-order valence-electron chi connectivity index (χ3n) is 3.58. The molecule has 2 nitrogen and oxygen atoms in total. The van der Waals surface area contributed by atoms with E-state index in [0.29, 0.717) is 0 Å². The minimum Gasteiger partial charge on any atom is -0.481 e. The van der Waals surface area contributed by atoms with E-state index in [1.54, 1.807) is 6.92 Å². The standard InChI is InChI=1S/C7H14O2.C7H10/c1-3-4-5-6(2)7(8)9;1-2-7-4-3-6(1)5-7/h6H,3-5H2,1-2H3,(H,8,9);1-2,6-7H,3-5H2. The molecule has 1 saturated carbocycles. The van der Waals surface area contributed by atoms with Crippen LogP contribution >= 0.6 is 0 Å². The van der Waals surface area contributed by atoms with Crippen molar-refractivity contribution in [3.63, 3.8) is 0 Å².